The summed E-state index contributed by atoms with van der Waals surface area (Å²) in [4.78, 5) is 17.3. The molecule has 5 rings (SSSR count). The number of fused-ring (bicyclic) bond motifs is 1. The monoisotopic (exact) mass is 521 g/mol. The van der Waals surface area contributed by atoms with Gasteiger partial charge in [-0.3, -0.25) is 4.31 Å². The molecule has 9 heteroatoms. The van der Waals surface area contributed by atoms with Crippen LogP contribution in [0.4, 0.5) is 10.5 Å². The van der Waals surface area contributed by atoms with Crippen molar-refractivity contribution < 1.29 is 22.7 Å². The minimum Gasteiger partial charge on any atom is -0.458 e. The van der Waals surface area contributed by atoms with E-state index in [1.54, 1.807) is 0 Å². The molecule has 0 radical (unpaired) electrons. The number of benzene rings is 2. The van der Waals surface area contributed by atoms with E-state index in [9.17, 15) is 13.2 Å². The Balaban J connectivity index is 1.53. The number of nitrogens with one attached hydrogen (secondary N) is 1. The van der Waals surface area contributed by atoms with E-state index in [1.165, 1.54) is 11.4 Å². The summed E-state index contributed by atoms with van der Waals surface area (Å²) in [5.41, 5.74) is 3.64. The second-order valence-electron chi connectivity index (χ2n) is 10.6. The van der Waals surface area contributed by atoms with E-state index < -0.39 is 33.2 Å². The highest BCUT2D eigenvalue weighted by molar-refractivity contribution is 7.92. The summed E-state index contributed by atoms with van der Waals surface area (Å²) in [6.45, 7) is 5.55. The third kappa shape index (κ3) is 4.87. The lowest BCUT2D eigenvalue weighted by Gasteiger charge is -2.43. The van der Waals surface area contributed by atoms with Crippen molar-refractivity contribution in [3.8, 4) is 28.3 Å². The first kappa shape index (κ1) is 25.1. The van der Waals surface area contributed by atoms with Crippen molar-refractivity contribution in [3.05, 3.63) is 66.2 Å². The first-order valence-electron chi connectivity index (χ1n) is 12.3. The van der Waals surface area contributed by atoms with Gasteiger partial charge in [0.25, 0.3) is 10.0 Å². The van der Waals surface area contributed by atoms with Gasteiger partial charge in [-0.25, -0.2) is 18.2 Å². The molecule has 1 fully saturated rings. The first-order valence-corrected chi connectivity index (χ1v) is 13.9. The SMILES string of the molecule is CN1c2cc(-c3ccccc3)c(-c3ccc(C4(NC(=O)OC(C)(C)C)CCC4)cc3)nc2OCS1(=O)=O. The lowest BCUT2D eigenvalue weighted by atomic mass is 9.71. The summed E-state index contributed by atoms with van der Waals surface area (Å²) in [6, 6.07) is 19.5. The largest absolute Gasteiger partial charge is 0.458 e. The number of hydrogen-bond donors (Lipinski definition) is 1. The Labute approximate surface area is 217 Å². The average molecular weight is 522 g/mol. The van der Waals surface area contributed by atoms with Crippen molar-refractivity contribution in [2.45, 2.75) is 51.2 Å². The molecule has 8 nitrogen and oxygen atoms in total. The minimum absolute atomic E-state index is 0.276. The smallest absolute Gasteiger partial charge is 0.408 e. The number of anilines is 1. The van der Waals surface area contributed by atoms with Crippen molar-refractivity contribution >= 4 is 21.8 Å². The minimum atomic E-state index is -3.56. The van der Waals surface area contributed by atoms with E-state index in [2.05, 4.69) is 5.32 Å². The summed E-state index contributed by atoms with van der Waals surface area (Å²) in [7, 11) is -2.05. The fraction of sp³-hybridized carbons (Fsp3) is 0.357. The van der Waals surface area contributed by atoms with E-state index >= 15 is 0 Å². The first-order chi connectivity index (χ1) is 17.5. The maximum atomic E-state index is 12.5. The van der Waals surface area contributed by atoms with Crippen molar-refractivity contribution in [1.82, 2.24) is 10.3 Å². The van der Waals surface area contributed by atoms with Crippen LogP contribution in [-0.4, -0.2) is 38.1 Å². The maximum Gasteiger partial charge on any atom is 0.408 e. The number of ether oxygens (including phenoxy) is 2. The number of alkyl carbamates (subject to hydrolysis) is 1. The molecule has 1 N–H and O–H groups in total. The van der Waals surface area contributed by atoms with Crippen LogP contribution in [0.5, 0.6) is 5.88 Å². The van der Waals surface area contributed by atoms with Gasteiger partial charge in [0.15, 0.2) is 0 Å². The van der Waals surface area contributed by atoms with E-state index in [0.29, 0.717) is 11.4 Å². The molecule has 0 unspecified atom stereocenters. The van der Waals surface area contributed by atoms with Crippen LogP contribution in [0.1, 0.15) is 45.6 Å². The number of carbonyl (C=O) groups is 1. The van der Waals surface area contributed by atoms with Gasteiger partial charge in [0.1, 0.15) is 11.3 Å². The molecule has 1 aliphatic heterocycles. The zero-order valence-electron chi connectivity index (χ0n) is 21.4. The molecular weight excluding hydrogens is 490 g/mol. The summed E-state index contributed by atoms with van der Waals surface area (Å²) >= 11 is 0. The quantitative estimate of drug-likeness (QED) is 0.491. The molecule has 0 bridgehead atoms. The Morgan fingerprint density at radius 1 is 1.05 bits per heavy atom. The van der Waals surface area contributed by atoms with Gasteiger partial charge in [-0.15, -0.1) is 0 Å². The fourth-order valence-corrected chi connectivity index (χ4v) is 5.55. The molecule has 2 heterocycles. The van der Waals surface area contributed by atoms with E-state index in [-0.39, 0.29) is 5.88 Å². The third-order valence-corrected chi connectivity index (χ3v) is 8.26. The number of sulfonamides is 1. The van der Waals surface area contributed by atoms with Crippen LogP contribution < -0.4 is 14.4 Å². The predicted octanol–water partition coefficient (Wildman–Crippen LogP) is 5.44. The average Bonchev–Trinajstić information content (AvgIpc) is 2.83. The molecule has 0 saturated heterocycles. The molecule has 0 spiro atoms. The molecule has 1 aliphatic carbocycles. The van der Waals surface area contributed by atoms with Crippen molar-refractivity contribution in [3.63, 3.8) is 0 Å². The number of hydrogen-bond acceptors (Lipinski definition) is 6. The Hall–Kier alpha value is -3.59. The summed E-state index contributed by atoms with van der Waals surface area (Å²) in [5.74, 6) is -0.177. The zero-order chi connectivity index (χ0) is 26.4. The van der Waals surface area contributed by atoms with Crippen LogP contribution in [0.25, 0.3) is 22.4 Å². The molecule has 1 amide bonds. The van der Waals surface area contributed by atoms with Crippen molar-refractivity contribution in [1.29, 1.82) is 0 Å². The molecule has 2 aliphatic rings. The number of amides is 1. The molecule has 1 aromatic heterocycles. The van der Waals surface area contributed by atoms with Gasteiger partial charge in [0.2, 0.25) is 11.8 Å². The molecule has 3 aromatic rings. The number of carbonyl (C=O) groups excluding carboxylic acids is 1. The number of aromatic nitrogens is 1. The lowest BCUT2D eigenvalue weighted by Crippen LogP contribution is -2.52. The Morgan fingerprint density at radius 3 is 2.32 bits per heavy atom. The number of rotatable bonds is 4. The summed E-state index contributed by atoms with van der Waals surface area (Å²) in [5, 5.41) is 3.09. The van der Waals surface area contributed by atoms with Gasteiger partial charge < -0.3 is 14.8 Å². The molecule has 2 aromatic carbocycles. The highest BCUT2D eigenvalue weighted by atomic mass is 32.2. The highest BCUT2D eigenvalue weighted by Crippen LogP contribution is 2.44. The fourth-order valence-electron chi connectivity index (χ4n) is 4.70. The van der Waals surface area contributed by atoms with Gasteiger partial charge in [-0.05, 0) is 57.2 Å². The second kappa shape index (κ2) is 9.06. The van der Waals surface area contributed by atoms with Gasteiger partial charge in [-0.1, -0.05) is 54.6 Å². The Morgan fingerprint density at radius 2 is 1.73 bits per heavy atom. The van der Waals surface area contributed by atoms with Crippen LogP contribution in [0.3, 0.4) is 0 Å². The summed E-state index contributed by atoms with van der Waals surface area (Å²) in [6.07, 6.45) is 2.28. The molecule has 0 atom stereocenters. The third-order valence-electron chi connectivity index (χ3n) is 6.81. The van der Waals surface area contributed by atoms with Crippen LogP contribution >= 0.6 is 0 Å². The second-order valence-corrected chi connectivity index (χ2v) is 12.5. The van der Waals surface area contributed by atoms with E-state index in [1.807, 2.05) is 81.4 Å². The van der Waals surface area contributed by atoms with Crippen LogP contribution in [0, 0.1) is 0 Å². The Bertz CT molecular complexity index is 1430. The normalized spacial score (nSPS) is 17.7. The van der Waals surface area contributed by atoms with Crippen LogP contribution in [0.15, 0.2) is 60.7 Å². The lowest BCUT2D eigenvalue weighted by molar-refractivity contribution is 0.0377. The molecule has 1 saturated carbocycles. The van der Waals surface area contributed by atoms with Crippen LogP contribution in [-0.2, 0) is 20.3 Å². The van der Waals surface area contributed by atoms with E-state index in [0.717, 1.165) is 41.5 Å². The molecular formula is C28H31N3O5S. The van der Waals surface area contributed by atoms with Gasteiger partial charge in [0, 0.05) is 18.2 Å². The topological polar surface area (TPSA) is 97.8 Å². The zero-order valence-corrected chi connectivity index (χ0v) is 22.3. The predicted molar refractivity (Wildman–Crippen MR) is 143 cm³/mol. The van der Waals surface area contributed by atoms with Gasteiger partial charge in [-0.2, -0.15) is 0 Å². The van der Waals surface area contributed by atoms with E-state index in [4.69, 9.17) is 14.5 Å². The molecule has 194 valence electrons. The van der Waals surface area contributed by atoms with Gasteiger partial charge in [0.05, 0.1) is 11.2 Å². The highest BCUT2D eigenvalue weighted by Gasteiger charge is 2.41. The van der Waals surface area contributed by atoms with Crippen molar-refractivity contribution in [2.24, 2.45) is 0 Å². The number of pyridine rings is 1. The standard InChI is InChI=1S/C28H31N3O5S/c1-27(2,3)36-26(32)30-28(15-8-16-28)21-13-11-20(12-14-21)24-22(19-9-6-5-7-10-19)17-23-25(29-24)35-18-37(33,34)31(23)4/h5-7,9-14,17H,8,15-16,18H2,1-4H3,(H,30,32). The van der Waals surface area contributed by atoms with Crippen LogP contribution in [0.2, 0.25) is 0 Å². The maximum absolute atomic E-state index is 12.5. The Kier molecular flexibility index (Phi) is 6.14. The molecule has 37 heavy (non-hydrogen) atoms. The van der Waals surface area contributed by atoms with Crippen molar-refractivity contribution in [2.75, 3.05) is 17.3 Å². The number of nitrogens with zero attached hydrogens (tertiary/aromatic N) is 2. The summed E-state index contributed by atoms with van der Waals surface area (Å²) < 4.78 is 37.1. The van der Waals surface area contributed by atoms with Gasteiger partial charge >= 0.3 is 6.09 Å².